The Morgan fingerprint density at radius 3 is 2.38 bits per heavy atom. The molecule has 0 radical (unpaired) electrons. The van der Waals surface area contributed by atoms with Gasteiger partial charge >= 0.3 is 0 Å². The highest BCUT2D eigenvalue weighted by atomic mass is 15.1. The van der Waals surface area contributed by atoms with Crippen molar-refractivity contribution in [1.82, 2.24) is 0 Å². The van der Waals surface area contributed by atoms with Crippen molar-refractivity contribution in [2.24, 2.45) is 5.73 Å². The molecule has 1 rings (SSSR count). The molecule has 0 aliphatic heterocycles. The molecular formula is C14H24N2. The van der Waals surface area contributed by atoms with E-state index in [1.54, 1.807) is 0 Å². The van der Waals surface area contributed by atoms with E-state index in [0.29, 0.717) is 6.04 Å². The van der Waals surface area contributed by atoms with E-state index >= 15 is 0 Å². The van der Waals surface area contributed by atoms with Crippen molar-refractivity contribution < 1.29 is 0 Å². The van der Waals surface area contributed by atoms with Gasteiger partial charge in [0.15, 0.2) is 0 Å². The number of benzene rings is 1. The lowest BCUT2D eigenvalue weighted by Crippen LogP contribution is -2.29. The Hall–Kier alpha value is -1.02. The Kier molecular flexibility index (Phi) is 4.81. The van der Waals surface area contributed by atoms with E-state index in [1.807, 2.05) is 0 Å². The first-order valence-corrected chi connectivity index (χ1v) is 6.19. The van der Waals surface area contributed by atoms with Crippen molar-refractivity contribution in [2.45, 2.75) is 45.7 Å². The Labute approximate surface area is 99.5 Å². The van der Waals surface area contributed by atoms with Crippen LogP contribution in [0.25, 0.3) is 0 Å². The fraction of sp³-hybridized carbons (Fsp3) is 0.571. The zero-order valence-electron chi connectivity index (χ0n) is 10.9. The minimum Gasteiger partial charge on any atom is -0.372 e. The maximum atomic E-state index is 6.15. The number of hydrogen-bond acceptors (Lipinski definition) is 2. The quantitative estimate of drug-likeness (QED) is 0.824. The van der Waals surface area contributed by atoms with Crippen LogP contribution in [-0.2, 0) is 0 Å². The molecule has 0 heterocycles. The molecule has 1 aromatic carbocycles. The highest BCUT2D eigenvalue weighted by molar-refractivity contribution is 5.55. The summed E-state index contributed by atoms with van der Waals surface area (Å²) in [6.45, 7) is 6.59. The first kappa shape index (κ1) is 13.0. The zero-order valence-corrected chi connectivity index (χ0v) is 10.9. The summed E-state index contributed by atoms with van der Waals surface area (Å²) in [6.07, 6.45) is 2.12. The fourth-order valence-corrected chi connectivity index (χ4v) is 1.85. The van der Waals surface area contributed by atoms with Crippen molar-refractivity contribution in [1.29, 1.82) is 0 Å². The lowest BCUT2D eigenvalue weighted by Gasteiger charge is -2.29. The maximum Gasteiger partial charge on any atom is 0.0414 e. The first-order valence-electron chi connectivity index (χ1n) is 6.19. The van der Waals surface area contributed by atoms with E-state index in [9.17, 15) is 0 Å². The first-order chi connectivity index (χ1) is 7.61. The minimum atomic E-state index is 0.141. The van der Waals surface area contributed by atoms with Gasteiger partial charge in [-0.1, -0.05) is 32.0 Å². The molecule has 1 aromatic rings. The van der Waals surface area contributed by atoms with E-state index in [2.05, 4.69) is 57.0 Å². The number of para-hydroxylation sites is 1. The van der Waals surface area contributed by atoms with Crippen LogP contribution in [0.1, 0.15) is 45.2 Å². The number of nitrogens with two attached hydrogens (primary N) is 1. The third kappa shape index (κ3) is 2.76. The molecule has 2 N–H and O–H groups in total. The SMILES string of the molecule is CCC(C)N(C)c1ccccc1[C@@H](N)CC. The Morgan fingerprint density at radius 1 is 1.19 bits per heavy atom. The Morgan fingerprint density at radius 2 is 1.81 bits per heavy atom. The van der Waals surface area contributed by atoms with Crippen molar-refractivity contribution in [2.75, 3.05) is 11.9 Å². The second-order valence-corrected chi connectivity index (χ2v) is 4.44. The van der Waals surface area contributed by atoms with E-state index in [0.717, 1.165) is 12.8 Å². The second-order valence-electron chi connectivity index (χ2n) is 4.44. The van der Waals surface area contributed by atoms with Gasteiger partial charge < -0.3 is 10.6 Å². The van der Waals surface area contributed by atoms with Crippen molar-refractivity contribution in [3.63, 3.8) is 0 Å². The van der Waals surface area contributed by atoms with Gasteiger partial charge in [0.2, 0.25) is 0 Å². The van der Waals surface area contributed by atoms with E-state index in [1.165, 1.54) is 11.3 Å². The average molecular weight is 220 g/mol. The molecule has 0 saturated carbocycles. The lowest BCUT2D eigenvalue weighted by atomic mass is 10.0. The molecule has 2 atom stereocenters. The van der Waals surface area contributed by atoms with Crippen molar-refractivity contribution in [3.8, 4) is 0 Å². The van der Waals surface area contributed by atoms with Crippen molar-refractivity contribution in [3.05, 3.63) is 29.8 Å². The van der Waals surface area contributed by atoms with Gasteiger partial charge in [-0.05, 0) is 31.4 Å². The van der Waals surface area contributed by atoms with Crippen LogP contribution >= 0.6 is 0 Å². The highest BCUT2D eigenvalue weighted by Crippen LogP contribution is 2.27. The van der Waals surface area contributed by atoms with Gasteiger partial charge in [0.05, 0.1) is 0 Å². The zero-order chi connectivity index (χ0) is 12.1. The highest BCUT2D eigenvalue weighted by Gasteiger charge is 2.14. The molecule has 2 heteroatoms. The van der Waals surface area contributed by atoms with Gasteiger partial charge in [-0.25, -0.2) is 0 Å². The second kappa shape index (κ2) is 5.90. The fourth-order valence-electron chi connectivity index (χ4n) is 1.85. The molecular weight excluding hydrogens is 196 g/mol. The molecule has 16 heavy (non-hydrogen) atoms. The number of rotatable bonds is 5. The van der Waals surface area contributed by atoms with E-state index in [4.69, 9.17) is 5.73 Å². The van der Waals surface area contributed by atoms with Crippen LogP contribution in [-0.4, -0.2) is 13.1 Å². The van der Waals surface area contributed by atoms with Crippen LogP contribution in [0.5, 0.6) is 0 Å². The van der Waals surface area contributed by atoms with Crippen LogP contribution in [0.2, 0.25) is 0 Å². The van der Waals surface area contributed by atoms with Gasteiger partial charge in [-0.15, -0.1) is 0 Å². The molecule has 0 bridgehead atoms. The van der Waals surface area contributed by atoms with Crippen LogP contribution in [0.15, 0.2) is 24.3 Å². The third-order valence-electron chi connectivity index (χ3n) is 3.41. The summed E-state index contributed by atoms with van der Waals surface area (Å²) in [5, 5.41) is 0. The molecule has 0 aromatic heterocycles. The molecule has 0 fully saturated rings. The van der Waals surface area contributed by atoms with Gasteiger partial charge in [-0.2, -0.15) is 0 Å². The van der Waals surface area contributed by atoms with E-state index < -0.39 is 0 Å². The summed E-state index contributed by atoms with van der Waals surface area (Å²) in [7, 11) is 2.15. The largest absolute Gasteiger partial charge is 0.372 e. The van der Waals surface area contributed by atoms with Gasteiger partial charge in [0.25, 0.3) is 0 Å². The summed E-state index contributed by atoms with van der Waals surface area (Å²) in [6, 6.07) is 9.14. The monoisotopic (exact) mass is 220 g/mol. The lowest BCUT2D eigenvalue weighted by molar-refractivity contribution is 0.646. The summed E-state index contributed by atoms with van der Waals surface area (Å²) in [5.41, 5.74) is 8.67. The van der Waals surface area contributed by atoms with Crippen LogP contribution < -0.4 is 10.6 Å². The molecule has 0 aliphatic carbocycles. The Bertz CT molecular complexity index is 322. The van der Waals surface area contributed by atoms with E-state index in [-0.39, 0.29) is 6.04 Å². The van der Waals surface area contributed by atoms with Gasteiger partial charge in [0.1, 0.15) is 0 Å². The smallest absolute Gasteiger partial charge is 0.0414 e. The van der Waals surface area contributed by atoms with Crippen LogP contribution in [0.4, 0.5) is 5.69 Å². The molecule has 1 unspecified atom stereocenters. The summed E-state index contributed by atoms with van der Waals surface area (Å²) >= 11 is 0. The van der Waals surface area contributed by atoms with Gasteiger partial charge in [0, 0.05) is 24.8 Å². The number of hydrogen-bond donors (Lipinski definition) is 1. The van der Waals surface area contributed by atoms with Crippen LogP contribution in [0.3, 0.4) is 0 Å². The molecule has 0 spiro atoms. The standard InChI is InChI=1S/C14H24N2/c1-5-11(3)16(4)14-10-8-7-9-12(14)13(15)6-2/h7-11,13H,5-6,15H2,1-4H3/t11?,13-/m0/s1. The normalized spacial score (nSPS) is 14.6. The summed E-state index contributed by atoms with van der Waals surface area (Å²) < 4.78 is 0. The Balaban J connectivity index is 3.03. The molecule has 0 aliphatic rings. The third-order valence-corrected chi connectivity index (χ3v) is 3.41. The maximum absolute atomic E-state index is 6.15. The molecule has 0 saturated heterocycles. The average Bonchev–Trinajstić information content (AvgIpc) is 2.35. The topological polar surface area (TPSA) is 29.3 Å². The molecule has 90 valence electrons. The minimum absolute atomic E-state index is 0.141. The predicted octanol–water partition coefficient (Wildman–Crippen LogP) is 3.33. The summed E-state index contributed by atoms with van der Waals surface area (Å²) in [4.78, 5) is 2.32. The predicted molar refractivity (Wildman–Crippen MR) is 71.8 cm³/mol. The van der Waals surface area contributed by atoms with Crippen molar-refractivity contribution >= 4 is 5.69 Å². The molecule has 0 amide bonds. The van der Waals surface area contributed by atoms with Crippen LogP contribution in [0, 0.1) is 0 Å². The number of anilines is 1. The van der Waals surface area contributed by atoms with Gasteiger partial charge in [-0.3, -0.25) is 0 Å². The molecule has 2 nitrogen and oxygen atoms in total. The number of nitrogens with zero attached hydrogens (tertiary/aromatic N) is 1. The summed E-state index contributed by atoms with van der Waals surface area (Å²) in [5.74, 6) is 0.